The molecular formula is C62H41N. The average molecular weight is 800 g/mol. The van der Waals surface area contributed by atoms with Crippen molar-refractivity contribution in [3.63, 3.8) is 0 Å². The van der Waals surface area contributed by atoms with Crippen LogP contribution in [-0.4, -0.2) is 0 Å². The smallest absolute Gasteiger partial charge is 0.0540 e. The van der Waals surface area contributed by atoms with Crippen molar-refractivity contribution < 1.29 is 0 Å². The molecule has 1 heteroatoms. The number of benzene rings is 12. The number of hydrogen-bond donors (Lipinski definition) is 0. The van der Waals surface area contributed by atoms with Crippen LogP contribution >= 0.6 is 0 Å². The third kappa shape index (κ3) is 6.33. The summed E-state index contributed by atoms with van der Waals surface area (Å²) in [6.45, 7) is 0. The van der Waals surface area contributed by atoms with Crippen molar-refractivity contribution in [2.75, 3.05) is 4.90 Å². The Morgan fingerprint density at radius 2 is 0.683 bits per heavy atom. The zero-order valence-corrected chi connectivity index (χ0v) is 34.6. The summed E-state index contributed by atoms with van der Waals surface area (Å²) in [7, 11) is 0. The summed E-state index contributed by atoms with van der Waals surface area (Å²) in [6, 6.07) is 91.1. The van der Waals surface area contributed by atoms with Crippen molar-refractivity contribution in [3.8, 4) is 44.5 Å². The lowest BCUT2D eigenvalue weighted by molar-refractivity contribution is 1.31. The van der Waals surface area contributed by atoms with Crippen molar-refractivity contribution >= 4 is 70.9 Å². The minimum Gasteiger partial charge on any atom is -0.309 e. The van der Waals surface area contributed by atoms with E-state index in [2.05, 4.69) is 254 Å². The molecule has 12 rings (SSSR count). The Morgan fingerprint density at radius 3 is 1.37 bits per heavy atom. The highest BCUT2D eigenvalue weighted by Gasteiger charge is 2.22. The summed E-state index contributed by atoms with van der Waals surface area (Å²) in [6.07, 6.45) is 0. The molecule has 0 amide bonds. The molecule has 0 spiro atoms. The lowest BCUT2D eigenvalue weighted by Crippen LogP contribution is -2.11. The van der Waals surface area contributed by atoms with Crippen molar-refractivity contribution in [2.24, 2.45) is 0 Å². The van der Waals surface area contributed by atoms with E-state index in [-0.39, 0.29) is 0 Å². The van der Waals surface area contributed by atoms with Crippen LogP contribution in [0.2, 0.25) is 0 Å². The number of rotatable bonds is 7. The molecule has 0 aliphatic heterocycles. The van der Waals surface area contributed by atoms with Gasteiger partial charge in [-0.2, -0.15) is 0 Å². The lowest BCUT2D eigenvalue weighted by atomic mass is 9.91. The number of fused-ring (bicyclic) bond motifs is 5. The summed E-state index contributed by atoms with van der Waals surface area (Å²) >= 11 is 0. The first-order valence-corrected chi connectivity index (χ1v) is 21.8. The minimum atomic E-state index is 1.09. The topological polar surface area (TPSA) is 3.24 Å². The lowest BCUT2D eigenvalue weighted by Gasteiger charge is -2.29. The van der Waals surface area contributed by atoms with Gasteiger partial charge in [0.1, 0.15) is 0 Å². The monoisotopic (exact) mass is 799 g/mol. The molecule has 12 aromatic rings. The molecule has 63 heavy (non-hydrogen) atoms. The zero-order chi connectivity index (χ0) is 41.7. The maximum atomic E-state index is 2.48. The Balaban J connectivity index is 1.07. The SMILES string of the molecule is c1ccc(-c2cccc3cccc(-c4ccc(N(c5ccc(-c6ccc7ccccc7c6)c6ccccc56)c5ccc(-c6cccc7ccccc67)c6ccccc56)cc4)c23)cc1. The third-order valence-electron chi connectivity index (χ3n) is 12.9. The van der Waals surface area contributed by atoms with Gasteiger partial charge in [-0.25, -0.2) is 0 Å². The van der Waals surface area contributed by atoms with Crippen molar-refractivity contribution in [1.82, 2.24) is 0 Å². The van der Waals surface area contributed by atoms with Crippen molar-refractivity contribution in [2.45, 2.75) is 0 Å². The molecule has 1 nitrogen and oxygen atoms in total. The van der Waals surface area contributed by atoms with E-state index in [0.717, 1.165) is 17.1 Å². The second-order valence-electron chi connectivity index (χ2n) is 16.4. The predicted molar refractivity (Wildman–Crippen MR) is 270 cm³/mol. The van der Waals surface area contributed by atoms with E-state index < -0.39 is 0 Å². The molecular weight excluding hydrogens is 759 g/mol. The summed E-state index contributed by atoms with van der Waals surface area (Å²) in [4.78, 5) is 2.48. The fourth-order valence-corrected chi connectivity index (χ4v) is 9.90. The van der Waals surface area contributed by atoms with Crippen LogP contribution in [-0.2, 0) is 0 Å². The predicted octanol–water partition coefficient (Wildman–Crippen LogP) is 17.6. The molecule has 0 aliphatic carbocycles. The number of hydrogen-bond acceptors (Lipinski definition) is 1. The Kier molecular flexibility index (Phi) is 8.90. The molecule has 0 aliphatic rings. The summed E-state index contributed by atoms with van der Waals surface area (Å²) in [5.41, 5.74) is 13.1. The van der Waals surface area contributed by atoms with E-state index >= 15 is 0 Å². The first-order chi connectivity index (χ1) is 31.3. The molecule has 0 N–H and O–H groups in total. The van der Waals surface area contributed by atoms with Crippen LogP contribution in [0, 0.1) is 0 Å². The molecule has 0 saturated carbocycles. The standard InChI is InChI=1S/C62H41N/c1-2-16-44(17-3-1)52-28-13-21-46-22-14-29-53(62(46)52)45-33-35-49(36-34-45)63(60-39-37-51(55-24-8-10-26-58(55)60)48-32-31-42-15-4-5-19-47(42)41-48)61-40-38-57(56-25-9-11-27-59(56)61)54-30-12-20-43-18-6-7-23-50(43)54/h1-41H. The highest BCUT2D eigenvalue weighted by molar-refractivity contribution is 6.13. The number of nitrogens with zero attached hydrogens (tertiary/aromatic N) is 1. The Bertz CT molecular complexity index is 3670. The number of anilines is 3. The Labute approximate surface area is 367 Å². The molecule has 12 aromatic carbocycles. The molecule has 0 radical (unpaired) electrons. The van der Waals surface area contributed by atoms with Gasteiger partial charge in [0.25, 0.3) is 0 Å². The van der Waals surface area contributed by atoms with E-state index in [1.165, 1.54) is 98.4 Å². The van der Waals surface area contributed by atoms with Crippen LogP contribution in [0.1, 0.15) is 0 Å². The minimum absolute atomic E-state index is 1.09. The summed E-state index contributed by atoms with van der Waals surface area (Å²) < 4.78 is 0. The molecule has 0 unspecified atom stereocenters. The largest absolute Gasteiger partial charge is 0.309 e. The van der Waals surface area contributed by atoms with Crippen LogP contribution in [0.15, 0.2) is 249 Å². The average Bonchev–Trinajstić information content (AvgIpc) is 3.36. The highest BCUT2D eigenvalue weighted by atomic mass is 15.1. The van der Waals surface area contributed by atoms with Crippen LogP contribution in [0.25, 0.3) is 98.4 Å². The fourth-order valence-electron chi connectivity index (χ4n) is 9.90. The van der Waals surface area contributed by atoms with Crippen LogP contribution in [0.3, 0.4) is 0 Å². The van der Waals surface area contributed by atoms with E-state index in [0.29, 0.717) is 0 Å². The Morgan fingerprint density at radius 1 is 0.222 bits per heavy atom. The first-order valence-electron chi connectivity index (χ1n) is 21.8. The molecule has 0 aromatic heterocycles. The van der Waals surface area contributed by atoms with Gasteiger partial charge in [-0.3, -0.25) is 0 Å². The van der Waals surface area contributed by atoms with Gasteiger partial charge >= 0.3 is 0 Å². The van der Waals surface area contributed by atoms with Crippen molar-refractivity contribution in [1.29, 1.82) is 0 Å². The summed E-state index contributed by atoms with van der Waals surface area (Å²) in [5, 5.41) is 12.3. The second-order valence-corrected chi connectivity index (χ2v) is 16.4. The highest BCUT2D eigenvalue weighted by Crippen LogP contribution is 2.47. The molecule has 0 bridgehead atoms. The van der Waals surface area contributed by atoms with Gasteiger partial charge in [0.15, 0.2) is 0 Å². The molecule has 0 heterocycles. The Hall–Kier alpha value is -8.26. The second kappa shape index (κ2) is 15.3. The maximum absolute atomic E-state index is 2.48. The van der Waals surface area contributed by atoms with Crippen molar-refractivity contribution in [3.05, 3.63) is 249 Å². The van der Waals surface area contributed by atoms with Gasteiger partial charge in [-0.15, -0.1) is 0 Å². The van der Waals surface area contributed by atoms with Gasteiger partial charge in [0, 0.05) is 16.5 Å². The van der Waals surface area contributed by atoms with Crippen LogP contribution in [0.5, 0.6) is 0 Å². The van der Waals surface area contributed by atoms with E-state index in [1.54, 1.807) is 0 Å². The van der Waals surface area contributed by atoms with E-state index in [1.807, 2.05) is 0 Å². The molecule has 294 valence electrons. The van der Waals surface area contributed by atoms with Crippen LogP contribution < -0.4 is 4.90 Å². The maximum Gasteiger partial charge on any atom is 0.0540 e. The normalized spacial score (nSPS) is 11.5. The van der Waals surface area contributed by atoms with Gasteiger partial charge in [-0.05, 0) is 118 Å². The van der Waals surface area contributed by atoms with Gasteiger partial charge in [0.05, 0.1) is 11.4 Å². The van der Waals surface area contributed by atoms with E-state index in [9.17, 15) is 0 Å². The quantitative estimate of drug-likeness (QED) is 0.155. The third-order valence-corrected chi connectivity index (χ3v) is 12.9. The molecule has 0 fully saturated rings. The van der Waals surface area contributed by atoms with E-state index in [4.69, 9.17) is 0 Å². The van der Waals surface area contributed by atoms with Gasteiger partial charge < -0.3 is 4.90 Å². The fraction of sp³-hybridized carbons (Fsp3) is 0. The molecule has 0 saturated heterocycles. The van der Waals surface area contributed by atoms with Gasteiger partial charge in [-0.1, -0.05) is 218 Å². The first kappa shape index (κ1) is 36.6. The summed E-state index contributed by atoms with van der Waals surface area (Å²) in [5.74, 6) is 0. The van der Waals surface area contributed by atoms with Crippen LogP contribution in [0.4, 0.5) is 17.1 Å². The van der Waals surface area contributed by atoms with Gasteiger partial charge in [0.2, 0.25) is 0 Å². The zero-order valence-electron chi connectivity index (χ0n) is 34.6. The molecule has 0 atom stereocenters.